The summed E-state index contributed by atoms with van der Waals surface area (Å²) >= 11 is 5.77. The van der Waals surface area contributed by atoms with Gasteiger partial charge in [-0.25, -0.2) is 0 Å². The minimum atomic E-state index is -0.247. The van der Waals surface area contributed by atoms with E-state index in [1.807, 2.05) is 0 Å². The van der Waals surface area contributed by atoms with E-state index in [0.717, 1.165) is 6.42 Å². The molecule has 0 spiro atoms. The highest BCUT2D eigenvalue weighted by molar-refractivity contribution is 6.30. The van der Waals surface area contributed by atoms with Crippen LogP contribution >= 0.6 is 11.6 Å². The molecule has 0 fully saturated rings. The topological polar surface area (TPSA) is 77.8 Å². The van der Waals surface area contributed by atoms with Gasteiger partial charge in [0.1, 0.15) is 5.69 Å². The van der Waals surface area contributed by atoms with Gasteiger partial charge < -0.3 is 10.3 Å². The third-order valence-corrected chi connectivity index (χ3v) is 3.16. The first-order valence-electron chi connectivity index (χ1n) is 5.83. The van der Waals surface area contributed by atoms with Crippen molar-refractivity contribution >= 4 is 11.6 Å². The zero-order valence-corrected chi connectivity index (χ0v) is 11.1. The molecule has 0 saturated carbocycles. The van der Waals surface area contributed by atoms with Crippen LogP contribution < -0.4 is 5.73 Å². The van der Waals surface area contributed by atoms with Gasteiger partial charge in [0.25, 0.3) is 0 Å². The Balaban J connectivity index is 2.22. The second-order valence-electron chi connectivity index (χ2n) is 4.23. The van der Waals surface area contributed by atoms with Gasteiger partial charge in [-0.3, -0.25) is 4.98 Å². The van der Waals surface area contributed by atoms with Crippen molar-refractivity contribution in [2.45, 2.75) is 26.3 Å². The van der Waals surface area contributed by atoms with Gasteiger partial charge in [-0.05, 0) is 18.1 Å². The maximum absolute atomic E-state index is 6.03. The van der Waals surface area contributed by atoms with E-state index in [-0.39, 0.29) is 12.0 Å². The average molecular weight is 267 g/mol. The van der Waals surface area contributed by atoms with Crippen LogP contribution in [0.1, 0.15) is 32.2 Å². The molecule has 2 unspecified atom stereocenters. The summed E-state index contributed by atoms with van der Waals surface area (Å²) in [5.41, 5.74) is 6.64. The molecule has 0 aromatic carbocycles. The summed E-state index contributed by atoms with van der Waals surface area (Å²) in [5, 5.41) is 4.45. The van der Waals surface area contributed by atoms with Crippen molar-refractivity contribution in [1.29, 1.82) is 0 Å². The van der Waals surface area contributed by atoms with Crippen LogP contribution in [0.2, 0.25) is 5.02 Å². The number of aromatic nitrogens is 3. The number of nitrogens with zero attached hydrogens (tertiary/aromatic N) is 3. The highest BCUT2D eigenvalue weighted by Gasteiger charge is 2.20. The van der Waals surface area contributed by atoms with Crippen molar-refractivity contribution in [2.75, 3.05) is 0 Å². The Morgan fingerprint density at radius 1 is 1.44 bits per heavy atom. The number of hydrogen-bond donors (Lipinski definition) is 1. The van der Waals surface area contributed by atoms with Crippen LogP contribution in [-0.2, 0) is 0 Å². The molecule has 2 aromatic rings. The number of halogens is 1. The van der Waals surface area contributed by atoms with Gasteiger partial charge in [-0.2, -0.15) is 4.98 Å². The summed E-state index contributed by atoms with van der Waals surface area (Å²) in [6, 6.07) is 3.23. The van der Waals surface area contributed by atoms with E-state index in [4.69, 9.17) is 21.9 Å². The Morgan fingerprint density at radius 2 is 2.22 bits per heavy atom. The molecule has 0 radical (unpaired) electrons. The maximum atomic E-state index is 6.03. The van der Waals surface area contributed by atoms with Gasteiger partial charge in [-0.15, -0.1) is 0 Å². The lowest BCUT2D eigenvalue weighted by atomic mass is 10.0. The largest absolute Gasteiger partial charge is 0.337 e. The third kappa shape index (κ3) is 2.68. The highest BCUT2D eigenvalue weighted by Crippen LogP contribution is 2.22. The zero-order chi connectivity index (χ0) is 13.1. The Hall–Kier alpha value is -1.46. The minimum absolute atomic E-state index is 0.247. The van der Waals surface area contributed by atoms with Crippen molar-refractivity contribution in [2.24, 2.45) is 11.7 Å². The van der Waals surface area contributed by atoms with Crippen molar-refractivity contribution in [1.82, 2.24) is 15.1 Å². The lowest BCUT2D eigenvalue weighted by Gasteiger charge is -2.12. The first-order chi connectivity index (χ1) is 8.61. The molecular weight excluding hydrogens is 252 g/mol. The molecule has 6 heteroatoms. The lowest BCUT2D eigenvalue weighted by Crippen LogP contribution is -2.18. The predicted molar refractivity (Wildman–Crippen MR) is 68.9 cm³/mol. The monoisotopic (exact) mass is 266 g/mol. The van der Waals surface area contributed by atoms with Crippen molar-refractivity contribution in [3.05, 3.63) is 29.2 Å². The van der Waals surface area contributed by atoms with E-state index in [1.54, 1.807) is 18.3 Å². The third-order valence-electron chi connectivity index (χ3n) is 2.94. The molecule has 0 aliphatic carbocycles. The Bertz CT molecular complexity index is 511. The molecule has 2 rings (SSSR count). The Labute approximate surface area is 110 Å². The van der Waals surface area contributed by atoms with E-state index in [9.17, 15) is 0 Å². The van der Waals surface area contributed by atoms with Crippen LogP contribution in [-0.4, -0.2) is 15.1 Å². The van der Waals surface area contributed by atoms with Gasteiger partial charge >= 0.3 is 0 Å². The van der Waals surface area contributed by atoms with E-state index in [0.29, 0.717) is 22.4 Å². The number of nitrogens with two attached hydrogens (primary N) is 1. The van der Waals surface area contributed by atoms with Gasteiger partial charge in [0, 0.05) is 6.20 Å². The van der Waals surface area contributed by atoms with E-state index in [2.05, 4.69) is 29.0 Å². The molecule has 0 amide bonds. The summed E-state index contributed by atoms with van der Waals surface area (Å²) in [4.78, 5) is 8.40. The van der Waals surface area contributed by atoms with Crippen LogP contribution in [0.15, 0.2) is 22.9 Å². The van der Waals surface area contributed by atoms with Crippen molar-refractivity contribution in [3.63, 3.8) is 0 Å². The number of rotatable bonds is 4. The molecule has 2 aromatic heterocycles. The second kappa shape index (κ2) is 5.46. The van der Waals surface area contributed by atoms with Gasteiger partial charge in [-0.1, -0.05) is 37.0 Å². The van der Waals surface area contributed by atoms with E-state index >= 15 is 0 Å². The fraction of sp³-hybridized carbons (Fsp3) is 0.417. The summed E-state index contributed by atoms with van der Waals surface area (Å²) in [5.74, 6) is 1.16. The summed E-state index contributed by atoms with van der Waals surface area (Å²) in [6.45, 7) is 4.12. The normalized spacial score (nSPS) is 14.4. The predicted octanol–water partition coefficient (Wildman–Crippen LogP) is 2.83. The fourth-order valence-corrected chi connectivity index (χ4v) is 1.59. The molecule has 0 saturated heterocycles. The van der Waals surface area contributed by atoms with E-state index in [1.165, 1.54) is 0 Å². The molecule has 5 nitrogen and oxygen atoms in total. The van der Waals surface area contributed by atoms with Crippen LogP contribution in [0.5, 0.6) is 0 Å². The van der Waals surface area contributed by atoms with Crippen LogP contribution in [0, 0.1) is 5.92 Å². The van der Waals surface area contributed by atoms with Crippen LogP contribution in [0.25, 0.3) is 11.5 Å². The first-order valence-corrected chi connectivity index (χ1v) is 6.20. The van der Waals surface area contributed by atoms with Gasteiger partial charge in [0.2, 0.25) is 11.7 Å². The molecule has 96 valence electrons. The molecular formula is C12H15ClN4O. The number of pyridine rings is 1. The van der Waals surface area contributed by atoms with Gasteiger partial charge in [0.05, 0.1) is 11.1 Å². The zero-order valence-electron chi connectivity index (χ0n) is 10.3. The summed E-state index contributed by atoms with van der Waals surface area (Å²) < 4.78 is 5.17. The van der Waals surface area contributed by atoms with Gasteiger partial charge in [0.15, 0.2) is 0 Å². The number of hydrogen-bond acceptors (Lipinski definition) is 5. The molecule has 2 heterocycles. The van der Waals surface area contributed by atoms with Crippen molar-refractivity contribution in [3.8, 4) is 11.5 Å². The summed E-state index contributed by atoms with van der Waals surface area (Å²) in [7, 11) is 0. The van der Waals surface area contributed by atoms with Crippen LogP contribution in [0.3, 0.4) is 0 Å². The molecule has 0 aliphatic rings. The SMILES string of the molecule is CCC(C)C(N)c1nc(-c2ccc(Cl)cn2)no1. The molecule has 2 N–H and O–H groups in total. The van der Waals surface area contributed by atoms with Crippen molar-refractivity contribution < 1.29 is 4.52 Å². The Kier molecular flexibility index (Phi) is 3.93. The smallest absolute Gasteiger partial charge is 0.244 e. The van der Waals surface area contributed by atoms with E-state index < -0.39 is 0 Å². The molecule has 2 atom stereocenters. The molecule has 18 heavy (non-hydrogen) atoms. The Morgan fingerprint density at radius 3 is 2.83 bits per heavy atom. The minimum Gasteiger partial charge on any atom is -0.337 e. The highest BCUT2D eigenvalue weighted by atomic mass is 35.5. The molecule has 0 aliphatic heterocycles. The average Bonchev–Trinajstić information content (AvgIpc) is 2.87. The summed E-state index contributed by atoms with van der Waals surface area (Å²) in [6.07, 6.45) is 2.50. The molecule has 0 bridgehead atoms. The second-order valence-corrected chi connectivity index (χ2v) is 4.67. The quantitative estimate of drug-likeness (QED) is 0.921. The maximum Gasteiger partial charge on any atom is 0.244 e. The fourth-order valence-electron chi connectivity index (χ4n) is 1.48. The van der Waals surface area contributed by atoms with Crippen LogP contribution in [0.4, 0.5) is 0 Å². The standard InChI is InChI=1S/C12H15ClN4O/c1-3-7(2)10(14)12-16-11(17-18-12)9-5-4-8(13)6-15-9/h4-7,10H,3,14H2,1-2H3. The first kappa shape index (κ1) is 13.0. The lowest BCUT2D eigenvalue weighted by molar-refractivity contribution is 0.312.